The lowest BCUT2D eigenvalue weighted by Gasteiger charge is -2.12. The van der Waals surface area contributed by atoms with Gasteiger partial charge in [0, 0.05) is 17.1 Å². The molecule has 18 heavy (non-hydrogen) atoms. The van der Waals surface area contributed by atoms with Gasteiger partial charge in [0.15, 0.2) is 0 Å². The maximum absolute atomic E-state index is 5.92. The fourth-order valence-corrected chi connectivity index (χ4v) is 2.04. The molecule has 2 N–H and O–H groups in total. The van der Waals surface area contributed by atoms with Crippen molar-refractivity contribution in [3.8, 4) is 11.5 Å². The molecule has 2 nitrogen and oxygen atoms in total. The Kier molecular flexibility index (Phi) is 3.90. The maximum atomic E-state index is 5.92. The summed E-state index contributed by atoms with van der Waals surface area (Å²) in [6.45, 7) is 4.47. The molecule has 3 heteroatoms. The van der Waals surface area contributed by atoms with Crippen LogP contribution in [0.1, 0.15) is 16.7 Å². The number of benzene rings is 2. The van der Waals surface area contributed by atoms with Gasteiger partial charge in [-0.3, -0.25) is 0 Å². The van der Waals surface area contributed by atoms with Crippen molar-refractivity contribution in [2.75, 3.05) is 0 Å². The third-order valence-corrected chi connectivity index (χ3v) is 3.03. The zero-order chi connectivity index (χ0) is 13.1. The number of hydrogen-bond acceptors (Lipinski definition) is 2. The van der Waals surface area contributed by atoms with Crippen LogP contribution in [-0.2, 0) is 6.54 Å². The van der Waals surface area contributed by atoms with Gasteiger partial charge in [0.1, 0.15) is 11.5 Å². The summed E-state index contributed by atoms with van der Waals surface area (Å²) in [5.74, 6) is 1.60. The first-order valence-electron chi connectivity index (χ1n) is 5.84. The van der Waals surface area contributed by atoms with Crippen molar-refractivity contribution in [2.45, 2.75) is 20.4 Å². The van der Waals surface area contributed by atoms with Gasteiger partial charge in [-0.2, -0.15) is 0 Å². The summed E-state index contributed by atoms with van der Waals surface area (Å²) in [5.41, 5.74) is 8.92. The smallest absolute Gasteiger partial charge is 0.131 e. The number of halogens is 1. The van der Waals surface area contributed by atoms with Crippen LogP contribution in [0.3, 0.4) is 0 Å². The monoisotopic (exact) mass is 261 g/mol. The van der Waals surface area contributed by atoms with E-state index in [2.05, 4.69) is 0 Å². The largest absolute Gasteiger partial charge is 0.457 e. The van der Waals surface area contributed by atoms with E-state index in [1.165, 1.54) is 5.56 Å². The molecule has 0 aliphatic heterocycles. The molecule has 0 aromatic heterocycles. The Balaban J connectivity index is 2.33. The molecule has 0 aliphatic rings. The first-order valence-corrected chi connectivity index (χ1v) is 6.21. The van der Waals surface area contributed by atoms with Crippen LogP contribution in [-0.4, -0.2) is 0 Å². The highest BCUT2D eigenvalue weighted by atomic mass is 35.5. The van der Waals surface area contributed by atoms with Gasteiger partial charge in [-0.1, -0.05) is 29.3 Å². The lowest BCUT2D eigenvalue weighted by molar-refractivity contribution is 0.472. The van der Waals surface area contributed by atoms with Crippen molar-refractivity contribution >= 4 is 11.6 Å². The van der Waals surface area contributed by atoms with Gasteiger partial charge >= 0.3 is 0 Å². The van der Waals surface area contributed by atoms with Gasteiger partial charge in [-0.25, -0.2) is 0 Å². The molecule has 0 heterocycles. The summed E-state index contributed by atoms with van der Waals surface area (Å²) in [4.78, 5) is 0. The molecule has 2 rings (SSSR count). The number of rotatable bonds is 3. The minimum absolute atomic E-state index is 0.462. The number of ether oxygens (including phenoxy) is 1. The lowest BCUT2D eigenvalue weighted by Crippen LogP contribution is -2.00. The summed E-state index contributed by atoms with van der Waals surface area (Å²) < 4.78 is 5.90. The van der Waals surface area contributed by atoms with E-state index in [4.69, 9.17) is 22.1 Å². The zero-order valence-corrected chi connectivity index (χ0v) is 11.3. The summed E-state index contributed by atoms with van der Waals surface area (Å²) in [5, 5.41) is 0.711. The second kappa shape index (κ2) is 5.42. The zero-order valence-electron chi connectivity index (χ0n) is 10.5. The SMILES string of the molecule is Cc1ccc(Oc2ccc(Cl)cc2C)c(CN)c1. The van der Waals surface area contributed by atoms with Crippen LogP contribution in [0.5, 0.6) is 11.5 Å². The van der Waals surface area contributed by atoms with Crippen molar-refractivity contribution in [2.24, 2.45) is 5.73 Å². The minimum atomic E-state index is 0.462. The molecular formula is C15H16ClNO. The van der Waals surface area contributed by atoms with E-state index in [-0.39, 0.29) is 0 Å². The normalized spacial score (nSPS) is 10.4. The Labute approximate surface area is 112 Å². The summed E-state index contributed by atoms with van der Waals surface area (Å²) in [7, 11) is 0. The molecule has 0 atom stereocenters. The Bertz CT molecular complexity index is 566. The van der Waals surface area contributed by atoms with E-state index in [9.17, 15) is 0 Å². The summed E-state index contributed by atoms with van der Waals surface area (Å²) in [6, 6.07) is 11.6. The van der Waals surface area contributed by atoms with E-state index in [1.54, 1.807) is 0 Å². The van der Waals surface area contributed by atoms with Crippen LogP contribution in [0.15, 0.2) is 36.4 Å². The average Bonchev–Trinajstić information content (AvgIpc) is 2.34. The predicted octanol–water partition coefficient (Wildman–Crippen LogP) is 4.21. The predicted molar refractivity (Wildman–Crippen MR) is 75.3 cm³/mol. The van der Waals surface area contributed by atoms with Crippen LogP contribution < -0.4 is 10.5 Å². The lowest BCUT2D eigenvalue weighted by atomic mass is 10.1. The molecule has 0 fully saturated rings. The molecule has 0 spiro atoms. The Morgan fingerprint density at radius 2 is 1.78 bits per heavy atom. The minimum Gasteiger partial charge on any atom is -0.457 e. The average molecular weight is 262 g/mol. The molecular weight excluding hydrogens is 246 g/mol. The second-order valence-corrected chi connectivity index (χ2v) is 4.76. The quantitative estimate of drug-likeness (QED) is 0.898. The third kappa shape index (κ3) is 2.84. The first-order chi connectivity index (χ1) is 8.60. The van der Waals surface area contributed by atoms with Crippen molar-refractivity contribution < 1.29 is 4.74 Å². The standard InChI is InChI=1S/C15H16ClNO/c1-10-3-5-15(12(7-10)9-17)18-14-6-4-13(16)8-11(14)2/h3-8H,9,17H2,1-2H3. The highest BCUT2D eigenvalue weighted by Gasteiger charge is 2.06. The molecule has 2 aromatic rings. The fourth-order valence-electron chi connectivity index (χ4n) is 1.81. The van der Waals surface area contributed by atoms with Crippen LogP contribution in [0.4, 0.5) is 0 Å². The van der Waals surface area contributed by atoms with E-state index in [0.29, 0.717) is 11.6 Å². The number of aryl methyl sites for hydroxylation is 2. The van der Waals surface area contributed by atoms with Crippen molar-refractivity contribution in [3.63, 3.8) is 0 Å². The van der Waals surface area contributed by atoms with Gasteiger partial charge in [0.05, 0.1) is 0 Å². The van der Waals surface area contributed by atoms with Crippen LogP contribution in [0.2, 0.25) is 5.02 Å². The first kappa shape index (κ1) is 12.9. The van der Waals surface area contributed by atoms with E-state index in [1.807, 2.05) is 50.2 Å². The van der Waals surface area contributed by atoms with Gasteiger partial charge in [-0.15, -0.1) is 0 Å². The summed E-state index contributed by atoms with van der Waals surface area (Å²) in [6.07, 6.45) is 0. The Morgan fingerprint density at radius 3 is 2.44 bits per heavy atom. The topological polar surface area (TPSA) is 35.2 Å². The molecule has 0 unspecified atom stereocenters. The van der Waals surface area contributed by atoms with Crippen molar-refractivity contribution in [1.29, 1.82) is 0 Å². The van der Waals surface area contributed by atoms with E-state index in [0.717, 1.165) is 22.6 Å². The maximum Gasteiger partial charge on any atom is 0.131 e. The van der Waals surface area contributed by atoms with Gasteiger partial charge < -0.3 is 10.5 Å². The Morgan fingerprint density at radius 1 is 1.06 bits per heavy atom. The highest BCUT2D eigenvalue weighted by Crippen LogP contribution is 2.29. The molecule has 0 saturated heterocycles. The van der Waals surface area contributed by atoms with Crippen molar-refractivity contribution in [1.82, 2.24) is 0 Å². The van der Waals surface area contributed by atoms with Gasteiger partial charge in [0.2, 0.25) is 0 Å². The van der Waals surface area contributed by atoms with E-state index < -0.39 is 0 Å². The van der Waals surface area contributed by atoms with E-state index >= 15 is 0 Å². The van der Waals surface area contributed by atoms with Crippen LogP contribution in [0.25, 0.3) is 0 Å². The molecule has 94 valence electrons. The molecule has 0 radical (unpaired) electrons. The number of nitrogens with two attached hydrogens (primary N) is 1. The molecule has 0 amide bonds. The molecule has 0 bridgehead atoms. The third-order valence-electron chi connectivity index (χ3n) is 2.79. The van der Waals surface area contributed by atoms with Gasteiger partial charge in [0.25, 0.3) is 0 Å². The Hall–Kier alpha value is -1.51. The molecule has 2 aromatic carbocycles. The summed E-state index contributed by atoms with van der Waals surface area (Å²) >= 11 is 5.92. The highest BCUT2D eigenvalue weighted by molar-refractivity contribution is 6.30. The van der Waals surface area contributed by atoms with Crippen LogP contribution in [0, 0.1) is 13.8 Å². The van der Waals surface area contributed by atoms with Crippen LogP contribution >= 0.6 is 11.6 Å². The molecule has 0 aliphatic carbocycles. The number of hydrogen-bond donors (Lipinski definition) is 1. The van der Waals surface area contributed by atoms with Gasteiger partial charge in [-0.05, 0) is 43.7 Å². The second-order valence-electron chi connectivity index (χ2n) is 4.33. The fraction of sp³-hybridized carbons (Fsp3) is 0.200. The van der Waals surface area contributed by atoms with Crippen molar-refractivity contribution in [3.05, 3.63) is 58.1 Å². The molecule has 0 saturated carbocycles.